The van der Waals surface area contributed by atoms with Gasteiger partial charge in [0.05, 0.1) is 18.9 Å². The maximum absolute atomic E-state index is 5.70. The zero-order valence-electron chi connectivity index (χ0n) is 9.91. The molecule has 0 bridgehead atoms. The molecule has 2 rings (SSSR count). The number of hydrogen-bond donors (Lipinski definition) is 1. The van der Waals surface area contributed by atoms with Crippen molar-refractivity contribution in [3.8, 4) is 5.75 Å². The second-order valence-corrected chi connectivity index (χ2v) is 4.15. The lowest BCUT2D eigenvalue weighted by Crippen LogP contribution is -2.22. The second kappa shape index (κ2) is 5.50. The Hall–Kier alpha value is -1.81. The Morgan fingerprint density at radius 2 is 2.12 bits per heavy atom. The lowest BCUT2D eigenvalue weighted by atomic mass is 10.2. The molecule has 1 aromatic heterocycles. The summed E-state index contributed by atoms with van der Waals surface area (Å²) in [5.74, 6) is 0.773. The van der Waals surface area contributed by atoms with E-state index in [9.17, 15) is 0 Å². The summed E-state index contributed by atoms with van der Waals surface area (Å²) in [5, 5.41) is 4.18. The van der Waals surface area contributed by atoms with Crippen LogP contribution in [0.1, 0.15) is 12.5 Å². The van der Waals surface area contributed by atoms with Gasteiger partial charge < -0.3 is 10.5 Å². The quantitative estimate of drug-likeness (QED) is 0.853. The third kappa shape index (κ3) is 3.60. The van der Waals surface area contributed by atoms with Crippen molar-refractivity contribution in [2.75, 3.05) is 0 Å². The third-order valence-electron chi connectivity index (χ3n) is 2.33. The average Bonchev–Trinajstić information content (AvgIpc) is 2.75. The van der Waals surface area contributed by atoms with Crippen molar-refractivity contribution in [1.29, 1.82) is 0 Å². The minimum atomic E-state index is 0.0943. The summed E-state index contributed by atoms with van der Waals surface area (Å²) in [6.07, 6.45) is 3.58. The van der Waals surface area contributed by atoms with Crippen molar-refractivity contribution < 1.29 is 4.74 Å². The second-order valence-electron chi connectivity index (χ2n) is 4.15. The maximum Gasteiger partial charge on any atom is 0.157 e. The molecule has 0 saturated carbocycles. The number of rotatable bonds is 5. The lowest BCUT2D eigenvalue weighted by Gasteiger charge is -2.04. The molecular formula is C13H17N3O. The fraction of sp³-hybridized carbons (Fsp3) is 0.308. The zero-order chi connectivity index (χ0) is 12.1. The molecule has 1 aromatic carbocycles. The Kier molecular flexibility index (Phi) is 3.77. The molecule has 4 heteroatoms. The molecular weight excluding hydrogens is 214 g/mol. The van der Waals surface area contributed by atoms with E-state index in [1.165, 1.54) is 0 Å². The average molecular weight is 231 g/mol. The third-order valence-corrected chi connectivity index (χ3v) is 2.33. The summed E-state index contributed by atoms with van der Waals surface area (Å²) >= 11 is 0. The Morgan fingerprint density at radius 3 is 2.82 bits per heavy atom. The molecule has 0 spiro atoms. The highest BCUT2D eigenvalue weighted by Gasteiger charge is 2.01. The van der Waals surface area contributed by atoms with Crippen LogP contribution >= 0.6 is 0 Å². The summed E-state index contributed by atoms with van der Waals surface area (Å²) in [4.78, 5) is 0. The number of aromatic nitrogens is 2. The topological polar surface area (TPSA) is 53.1 Å². The van der Waals surface area contributed by atoms with Crippen molar-refractivity contribution in [2.45, 2.75) is 26.1 Å². The van der Waals surface area contributed by atoms with Gasteiger partial charge in [0.2, 0.25) is 0 Å². The van der Waals surface area contributed by atoms with E-state index in [0.717, 1.165) is 11.3 Å². The van der Waals surface area contributed by atoms with Gasteiger partial charge in [0.1, 0.15) is 6.61 Å². The Balaban J connectivity index is 1.89. The van der Waals surface area contributed by atoms with Gasteiger partial charge in [-0.25, -0.2) is 0 Å². The Bertz CT molecular complexity index is 451. The first kappa shape index (κ1) is 11.7. The molecule has 2 N–H and O–H groups in total. The van der Waals surface area contributed by atoms with Gasteiger partial charge in [0, 0.05) is 6.04 Å². The van der Waals surface area contributed by atoms with Crippen molar-refractivity contribution in [1.82, 2.24) is 9.78 Å². The van der Waals surface area contributed by atoms with Gasteiger partial charge >= 0.3 is 0 Å². The summed E-state index contributed by atoms with van der Waals surface area (Å²) in [7, 11) is 0. The first-order valence-electron chi connectivity index (χ1n) is 5.69. The van der Waals surface area contributed by atoms with E-state index in [-0.39, 0.29) is 6.04 Å². The maximum atomic E-state index is 5.70. The SMILES string of the molecule is CC(N)Cn1cc(OCc2ccccc2)cn1. The van der Waals surface area contributed by atoms with E-state index in [4.69, 9.17) is 10.5 Å². The van der Waals surface area contributed by atoms with Crippen molar-refractivity contribution in [3.63, 3.8) is 0 Å². The number of benzene rings is 1. The van der Waals surface area contributed by atoms with Crippen molar-refractivity contribution in [2.24, 2.45) is 5.73 Å². The predicted octanol–water partition coefficient (Wildman–Crippen LogP) is 1.81. The van der Waals surface area contributed by atoms with E-state index < -0.39 is 0 Å². The largest absolute Gasteiger partial charge is 0.486 e. The van der Waals surface area contributed by atoms with Crippen LogP contribution in [0, 0.1) is 0 Å². The van der Waals surface area contributed by atoms with Crippen LogP contribution in [0.15, 0.2) is 42.7 Å². The van der Waals surface area contributed by atoms with E-state index in [1.807, 2.05) is 43.5 Å². The highest BCUT2D eigenvalue weighted by atomic mass is 16.5. The standard InChI is InChI=1S/C13H17N3O/c1-11(14)8-16-9-13(7-15-16)17-10-12-5-3-2-4-6-12/h2-7,9,11H,8,10,14H2,1H3. The van der Waals surface area contributed by atoms with Crippen LogP contribution in [0.2, 0.25) is 0 Å². The smallest absolute Gasteiger partial charge is 0.157 e. The predicted molar refractivity (Wildman–Crippen MR) is 66.7 cm³/mol. The minimum Gasteiger partial charge on any atom is -0.486 e. The number of nitrogens with zero attached hydrogens (tertiary/aromatic N) is 2. The molecule has 4 nitrogen and oxygen atoms in total. The van der Waals surface area contributed by atoms with E-state index >= 15 is 0 Å². The summed E-state index contributed by atoms with van der Waals surface area (Å²) in [6, 6.07) is 10.1. The number of ether oxygens (including phenoxy) is 1. The van der Waals surface area contributed by atoms with Crippen molar-refractivity contribution >= 4 is 0 Å². The highest BCUT2D eigenvalue weighted by Crippen LogP contribution is 2.11. The summed E-state index contributed by atoms with van der Waals surface area (Å²) in [5.41, 5.74) is 6.84. The van der Waals surface area contributed by atoms with Crippen LogP contribution in [-0.2, 0) is 13.2 Å². The number of nitrogens with two attached hydrogens (primary N) is 1. The Labute approximate surface area is 101 Å². The monoisotopic (exact) mass is 231 g/mol. The molecule has 17 heavy (non-hydrogen) atoms. The van der Waals surface area contributed by atoms with Gasteiger partial charge in [0.15, 0.2) is 5.75 Å². The fourth-order valence-corrected chi connectivity index (χ4v) is 1.55. The molecule has 0 radical (unpaired) electrons. The first-order valence-corrected chi connectivity index (χ1v) is 5.69. The molecule has 0 amide bonds. The summed E-state index contributed by atoms with van der Waals surface area (Å²) < 4.78 is 7.43. The molecule has 2 aromatic rings. The van der Waals surface area contributed by atoms with Gasteiger partial charge in [-0.05, 0) is 12.5 Å². The molecule has 1 atom stereocenters. The van der Waals surface area contributed by atoms with Crippen LogP contribution in [0.3, 0.4) is 0 Å². The van der Waals surface area contributed by atoms with E-state index in [1.54, 1.807) is 10.9 Å². The number of hydrogen-bond acceptors (Lipinski definition) is 3. The summed E-state index contributed by atoms with van der Waals surface area (Å²) in [6.45, 7) is 3.21. The molecule has 0 saturated heterocycles. The first-order chi connectivity index (χ1) is 8.24. The van der Waals surface area contributed by atoms with Gasteiger partial charge in [-0.2, -0.15) is 5.10 Å². The van der Waals surface area contributed by atoms with Crippen LogP contribution in [-0.4, -0.2) is 15.8 Å². The molecule has 1 unspecified atom stereocenters. The van der Waals surface area contributed by atoms with Crippen LogP contribution in [0.4, 0.5) is 0 Å². The van der Waals surface area contributed by atoms with Gasteiger partial charge in [-0.15, -0.1) is 0 Å². The van der Waals surface area contributed by atoms with E-state index in [2.05, 4.69) is 5.10 Å². The molecule has 0 aliphatic carbocycles. The van der Waals surface area contributed by atoms with Crippen LogP contribution < -0.4 is 10.5 Å². The molecule has 1 heterocycles. The van der Waals surface area contributed by atoms with Crippen LogP contribution in [0.5, 0.6) is 5.75 Å². The highest BCUT2D eigenvalue weighted by molar-refractivity contribution is 5.16. The van der Waals surface area contributed by atoms with Gasteiger partial charge in [0.25, 0.3) is 0 Å². The van der Waals surface area contributed by atoms with E-state index in [0.29, 0.717) is 13.2 Å². The fourth-order valence-electron chi connectivity index (χ4n) is 1.55. The van der Waals surface area contributed by atoms with Crippen LogP contribution in [0.25, 0.3) is 0 Å². The minimum absolute atomic E-state index is 0.0943. The van der Waals surface area contributed by atoms with Gasteiger partial charge in [-0.3, -0.25) is 4.68 Å². The van der Waals surface area contributed by atoms with Crippen molar-refractivity contribution in [3.05, 3.63) is 48.3 Å². The molecule has 0 fully saturated rings. The normalized spacial score (nSPS) is 12.4. The van der Waals surface area contributed by atoms with Gasteiger partial charge in [-0.1, -0.05) is 30.3 Å². The molecule has 90 valence electrons. The molecule has 0 aliphatic heterocycles. The zero-order valence-corrected chi connectivity index (χ0v) is 9.91. The lowest BCUT2D eigenvalue weighted by molar-refractivity contribution is 0.305. The molecule has 0 aliphatic rings. The Morgan fingerprint density at radius 1 is 1.35 bits per heavy atom.